The molecule has 0 saturated carbocycles. The van der Waals surface area contributed by atoms with Crippen molar-refractivity contribution in [1.82, 2.24) is 20.3 Å². The van der Waals surface area contributed by atoms with E-state index < -0.39 is 0 Å². The van der Waals surface area contributed by atoms with Crippen LogP contribution in [0.3, 0.4) is 0 Å². The Bertz CT molecular complexity index is 476. The lowest BCUT2D eigenvalue weighted by molar-refractivity contribution is 0.662. The fourth-order valence-corrected chi connectivity index (χ4v) is 1.67. The first kappa shape index (κ1) is 11.8. The monoisotopic (exact) mass is 230 g/mol. The zero-order valence-corrected chi connectivity index (χ0v) is 10.3. The van der Waals surface area contributed by atoms with E-state index in [1.807, 2.05) is 23.0 Å². The van der Waals surface area contributed by atoms with Crippen LogP contribution >= 0.6 is 0 Å². The van der Waals surface area contributed by atoms with E-state index in [0.717, 1.165) is 30.9 Å². The van der Waals surface area contributed by atoms with Crippen molar-refractivity contribution >= 4 is 0 Å². The van der Waals surface area contributed by atoms with Gasteiger partial charge in [-0.05, 0) is 37.6 Å². The van der Waals surface area contributed by atoms with Gasteiger partial charge in [-0.2, -0.15) is 0 Å². The first-order chi connectivity index (χ1) is 8.29. The van der Waals surface area contributed by atoms with Crippen molar-refractivity contribution in [3.8, 4) is 5.69 Å². The summed E-state index contributed by atoms with van der Waals surface area (Å²) in [5.41, 5.74) is 3.25. The molecule has 1 aromatic carbocycles. The summed E-state index contributed by atoms with van der Waals surface area (Å²) in [7, 11) is 0. The Labute approximate surface area is 102 Å². The molecule has 0 fully saturated rings. The predicted molar refractivity (Wildman–Crippen MR) is 68.1 cm³/mol. The predicted octanol–water partition coefficient (Wildman–Crippen LogP) is 2.08. The van der Waals surface area contributed by atoms with Gasteiger partial charge in [-0.15, -0.1) is 5.10 Å². The highest BCUT2D eigenvalue weighted by atomic mass is 15.4. The zero-order chi connectivity index (χ0) is 12.1. The molecule has 0 atom stereocenters. The molecule has 0 aliphatic carbocycles. The normalized spacial score (nSPS) is 10.7. The van der Waals surface area contributed by atoms with Crippen LogP contribution in [-0.4, -0.2) is 21.5 Å². The molecule has 17 heavy (non-hydrogen) atoms. The number of rotatable bonds is 5. The van der Waals surface area contributed by atoms with E-state index >= 15 is 0 Å². The van der Waals surface area contributed by atoms with Gasteiger partial charge >= 0.3 is 0 Å². The number of benzene rings is 1. The van der Waals surface area contributed by atoms with Crippen LogP contribution in [0.5, 0.6) is 0 Å². The summed E-state index contributed by atoms with van der Waals surface area (Å²) < 4.78 is 1.82. The summed E-state index contributed by atoms with van der Waals surface area (Å²) in [6.45, 7) is 6.01. The zero-order valence-electron chi connectivity index (χ0n) is 10.3. The van der Waals surface area contributed by atoms with Gasteiger partial charge in [0.25, 0.3) is 0 Å². The van der Waals surface area contributed by atoms with Gasteiger partial charge < -0.3 is 5.32 Å². The lowest BCUT2D eigenvalue weighted by Crippen LogP contribution is -2.13. The van der Waals surface area contributed by atoms with Crippen molar-refractivity contribution < 1.29 is 0 Å². The van der Waals surface area contributed by atoms with Crippen molar-refractivity contribution in [2.24, 2.45) is 0 Å². The van der Waals surface area contributed by atoms with Crippen LogP contribution < -0.4 is 5.32 Å². The van der Waals surface area contributed by atoms with E-state index in [9.17, 15) is 0 Å². The Kier molecular flexibility index (Phi) is 3.88. The van der Waals surface area contributed by atoms with Crippen LogP contribution in [0.1, 0.15) is 24.6 Å². The fourth-order valence-electron chi connectivity index (χ4n) is 1.67. The largest absolute Gasteiger partial charge is 0.311 e. The Hall–Kier alpha value is -1.68. The molecule has 1 N–H and O–H groups in total. The number of nitrogens with zero attached hydrogens (tertiary/aromatic N) is 3. The first-order valence-electron chi connectivity index (χ1n) is 5.98. The molecule has 4 nitrogen and oxygen atoms in total. The van der Waals surface area contributed by atoms with Crippen molar-refractivity contribution in [2.45, 2.75) is 26.8 Å². The van der Waals surface area contributed by atoms with Crippen LogP contribution in [0.15, 0.2) is 30.5 Å². The smallest absolute Gasteiger partial charge is 0.0969 e. The number of hydrogen-bond donors (Lipinski definition) is 1. The van der Waals surface area contributed by atoms with E-state index in [1.54, 1.807) is 0 Å². The topological polar surface area (TPSA) is 42.7 Å². The van der Waals surface area contributed by atoms with Gasteiger partial charge in [0.15, 0.2) is 0 Å². The van der Waals surface area contributed by atoms with Crippen LogP contribution in [0, 0.1) is 6.92 Å². The Morgan fingerprint density at radius 3 is 3.00 bits per heavy atom. The van der Waals surface area contributed by atoms with Crippen molar-refractivity contribution in [3.63, 3.8) is 0 Å². The minimum Gasteiger partial charge on any atom is -0.311 e. The highest BCUT2D eigenvalue weighted by Crippen LogP contribution is 2.08. The van der Waals surface area contributed by atoms with E-state index in [4.69, 9.17) is 0 Å². The number of aromatic nitrogens is 3. The third kappa shape index (κ3) is 3.14. The molecule has 0 radical (unpaired) electrons. The molecule has 0 unspecified atom stereocenters. The molecule has 1 aromatic heterocycles. The van der Waals surface area contributed by atoms with E-state index in [0.29, 0.717) is 0 Å². The SMILES string of the molecule is CCCNCc1cn(-c2cccc(C)c2)nn1. The maximum atomic E-state index is 4.14. The Morgan fingerprint density at radius 2 is 2.24 bits per heavy atom. The average molecular weight is 230 g/mol. The second kappa shape index (κ2) is 5.59. The van der Waals surface area contributed by atoms with Gasteiger partial charge in [-0.3, -0.25) is 0 Å². The third-order valence-corrected chi connectivity index (χ3v) is 2.54. The Balaban J connectivity index is 2.07. The molecule has 4 heteroatoms. The maximum absolute atomic E-state index is 4.14. The quantitative estimate of drug-likeness (QED) is 0.800. The van der Waals surface area contributed by atoms with Crippen LogP contribution in [0.25, 0.3) is 5.69 Å². The lowest BCUT2D eigenvalue weighted by Gasteiger charge is -2.00. The molecule has 0 spiro atoms. The second-order valence-corrected chi connectivity index (χ2v) is 4.17. The molecule has 0 aliphatic heterocycles. The van der Waals surface area contributed by atoms with Gasteiger partial charge in [0.2, 0.25) is 0 Å². The molecule has 90 valence electrons. The van der Waals surface area contributed by atoms with Gasteiger partial charge in [0.1, 0.15) is 0 Å². The van der Waals surface area contributed by atoms with Crippen molar-refractivity contribution in [3.05, 3.63) is 41.7 Å². The summed E-state index contributed by atoms with van der Waals surface area (Å²) in [4.78, 5) is 0. The molecule has 2 rings (SSSR count). The van der Waals surface area contributed by atoms with Gasteiger partial charge in [0.05, 0.1) is 17.6 Å². The average Bonchev–Trinajstić information content (AvgIpc) is 2.78. The van der Waals surface area contributed by atoms with Gasteiger partial charge in [-0.1, -0.05) is 24.3 Å². The van der Waals surface area contributed by atoms with Crippen LogP contribution in [0.2, 0.25) is 0 Å². The first-order valence-corrected chi connectivity index (χ1v) is 5.98. The molecule has 1 heterocycles. The summed E-state index contributed by atoms with van der Waals surface area (Å²) in [6, 6.07) is 8.23. The number of nitrogens with one attached hydrogen (secondary N) is 1. The molecular formula is C13H18N4. The third-order valence-electron chi connectivity index (χ3n) is 2.54. The molecular weight excluding hydrogens is 212 g/mol. The Morgan fingerprint density at radius 1 is 1.35 bits per heavy atom. The fraction of sp³-hybridized carbons (Fsp3) is 0.385. The van der Waals surface area contributed by atoms with Crippen LogP contribution in [-0.2, 0) is 6.54 Å². The standard InChI is InChI=1S/C13H18N4/c1-3-7-14-9-12-10-17(16-15-12)13-6-4-5-11(2)8-13/h4-6,8,10,14H,3,7,9H2,1-2H3. The van der Waals surface area contributed by atoms with Gasteiger partial charge in [-0.25, -0.2) is 4.68 Å². The van der Waals surface area contributed by atoms with Crippen molar-refractivity contribution in [2.75, 3.05) is 6.54 Å². The van der Waals surface area contributed by atoms with E-state index in [2.05, 4.69) is 41.6 Å². The summed E-state index contributed by atoms with van der Waals surface area (Å²) in [6.07, 6.45) is 3.10. The van der Waals surface area contributed by atoms with Crippen molar-refractivity contribution in [1.29, 1.82) is 0 Å². The van der Waals surface area contributed by atoms with Gasteiger partial charge in [0, 0.05) is 6.54 Å². The minimum atomic E-state index is 0.777. The number of aryl methyl sites for hydroxylation is 1. The molecule has 2 aromatic rings. The number of hydrogen-bond acceptors (Lipinski definition) is 3. The highest BCUT2D eigenvalue weighted by molar-refractivity contribution is 5.34. The minimum absolute atomic E-state index is 0.777. The molecule has 0 aliphatic rings. The van der Waals surface area contributed by atoms with E-state index in [1.165, 1.54) is 5.56 Å². The lowest BCUT2D eigenvalue weighted by atomic mass is 10.2. The summed E-state index contributed by atoms with van der Waals surface area (Å²) >= 11 is 0. The molecule has 0 bridgehead atoms. The van der Waals surface area contributed by atoms with E-state index in [-0.39, 0.29) is 0 Å². The molecule has 0 saturated heterocycles. The maximum Gasteiger partial charge on any atom is 0.0969 e. The molecule has 0 amide bonds. The highest BCUT2D eigenvalue weighted by Gasteiger charge is 2.02. The summed E-state index contributed by atoms with van der Waals surface area (Å²) in [5, 5.41) is 11.6. The second-order valence-electron chi connectivity index (χ2n) is 4.17. The summed E-state index contributed by atoms with van der Waals surface area (Å²) in [5.74, 6) is 0. The van der Waals surface area contributed by atoms with Crippen LogP contribution in [0.4, 0.5) is 0 Å².